The highest BCUT2D eigenvalue weighted by atomic mass is 32.2. The summed E-state index contributed by atoms with van der Waals surface area (Å²) in [6.45, 7) is 1.69. The molecule has 0 aliphatic carbocycles. The summed E-state index contributed by atoms with van der Waals surface area (Å²) >= 11 is 1.81. The van der Waals surface area contributed by atoms with Gasteiger partial charge in [0.15, 0.2) is 0 Å². The van der Waals surface area contributed by atoms with Crippen molar-refractivity contribution >= 4 is 18.0 Å². The van der Waals surface area contributed by atoms with Gasteiger partial charge < -0.3 is 5.32 Å². The Bertz CT molecular complexity index is 291. The van der Waals surface area contributed by atoms with Gasteiger partial charge in [-0.15, -0.1) is 0 Å². The molecule has 76 valence electrons. The van der Waals surface area contributed by atoms with Crippen LogP contribution in [-0.4, -0.2) is 29.8 Å². The summed E-state index contributed by atoms with van der Waals surface area (Å²) in [6, 6.07) is 3.51. The SMILES string of the molecule is CSCCNCc1cc(C=O)ccn1. The van der Waals surface area contributed by atoms with E-state index in [1.807, 2.05) is 0 Å². The van der Waals surface area contributed by atoms with Crippen LogP contribution in [0.2, 0.25) is 0 Å². The van der Waals surface area contributed by atoms with Crippen molar-refractivity contribution in [2.75, 3.05) is 18.6 Å². The molecule has 0 aliphatic rings. The maximum Gasteiger partial charge on any atom is 0.150 e. The zero-order valence-electron chi connectivity index (χ0n) is 8.19. The monoisotopic (exact) mass is 210 g/mol. The topological polar surface area (TPSA) is 42.0 Å². The minimum absolute atomic E-state index is 0.682. The molecule has 0 atom stereocenters. The molecule has 0 fully saturated rings. The zero-order chi connectivity index (χ0) is 10.2. The Labute approximate surface area is 88.3 Å². The molecule has 0 saturated carbocycles. The fourth-order valence-corrected chi connectivity index (χ4v) is 1.41. The van der Waals surface area contributed by atoms with Gasteiger partial charge in [-0.3, -0.25) is 9.78 Å². The van der Waals surface area contributed by atoms with Gasteiger partial charge in [-0.2, -0.15) is 11.8 Å². The van der Waals surface area contributed by atoms with Gasteiger partial charge in [0.05, 0.1) is 5.69 Å². The highest BCUT2D eigenvalue weighted by Gasteiger charge is 1.95. The van der Waals surface area contributed by atoms with E-state index in [0.717, 1.165) is 30.8 Å². The third-order valence-electron chi connectivity index (χ3n) is 1.77. The Morgan fingerprint density at radius 3 is 3.21 bits per heavy atom. The molecule has 0 saturated heterocycles. The van der Waals surface area contributed by atoms with Gasteiger partial charge in [0.25, 0.3) is 0 Å². The first kappa shape index (κ1) is 11.2. The third-order valence-corrected chi connectivity index (χ3v) is 2.38. The second-order valence-electron chi connectivity index (χ2n) is 2.87. The molecule has 0 unspecified atom stereocenters. The fourth-order valence-electron chi connectivity index (χ4n) is 1.06. The predicted molar refractivity (Wildman–Crippen MR) is 59.7 cm³/mol. The molecule has 0 radical (unpaired) electrons. The number of rotatable bonds is 6. The first-order valence-corrected chi connectivity index (χ1v) is 5.86. The Balaban J connectivity index is 2.38. The number of hydrogen-bond acceptors (Lipinski definition) is 4. The van der Waals surface area contributed by atoms with Crippen LogP contribution in [0.3, 0.4) is 0 Å². The van der Waals surface area contributed by atoms with Crippen LogP contribution in [0.4, 0.5) is 0 Å². The van der Waals surface area contributed by atoms with Crippen molar-refractivity contribution in [3.63, 3.8) is 0 Å². The summed E-state index contributed by atoms with van der Waals surface area (Å²) in [5, 5.41) is 3.25. The number of thioether (sulfide) groups is 1. The Morgan fingerprint density at radius 1 is 1.64 bits per heavy atom. The Morgan fingerprint density at radius 2 is 2.50 bits per heavy atom. The second kappa shape index (κ2) is 6.56. The van der Waals surface area contributed by atoms with Crippen molar-refractivity contribution in [3.05, 3.63) is 29.6 Å². The molecule has 0 amide bonds. The molecule has 1 N–H and O–H groups in total. The summed E-state index contributed by atoms with van der Waals surface area (Å²) in [5.41, 5.74) is 1.59. The Hall–Kier alpha value is -0.870. The number of carbonyl (C=O) groups excluding carboxylic acids is 1. The fraction of sp³-hybridized carbons (Fsp3) is 0.400. The standard InChI is InChI=1S/C10H14N2OS/c1-14-5-4-11-7-10-6-9(8-13)2-3-12-10/h2-3,6,8,11H,4-5,7H2,1H3. The van der Waals surface area contributed by atoms with E-state index in [2.05, 4.69) is 16.6 Å². The lowest BCUT2D eigenvalue weighted by Crippen LogP contribution is -2.17. The van der Waals surface area contributed by atoms with Crippen LogP contribution in [0.25, 0.3) is 0 Å². The highest BCUT2D eigenvalue weighted by molar-refractivity contribution is 7.98. The van der Waals surface area contributed by atoms with E-state index >= 15 is 0 Å². The normalized spacial score (nSPS) is 10.1. The average Bonchev–Trinajstić information content (AvgIpc) is 2.25. The van der Waals surface area contributed by atoms with Crippen molar-refractivity contribution in [3.8, 4) is 0 Å². The van der Waals surface area contributed by atoms with E-state index in [4.69, 9.17) is 0 Å². The number of carbonyl (C=O) groups is 1. The number of aromatic nitrogens is 1. The number of hydrogen-bond donors (Lipinski definition) is 1. The highest BCUT2D eigenvalue weighted by Crippen LogP contribution is 1.98. The maximum absolute atomic E-state index is 10.5. The summed E-state index contributed by atoms with van der Waals surface area (Å²) in [6.07, 6.45) is 4.58. The van der Waals surface area contributed by atoms with Gasteiger partial charge in [-0.1, -0.05) is 0 Å². The minimum Gasteiger partial charge on any atom is -0.310 e. The molecule has 1 aromatic heterocycles. The van der Waals surface area contributed by atoms with Crippen LogP contribution in [-0.2, 0) is 6.54 Å². The van der Waals surface area contributed by atoms with E-state index < -0.39 is 0 Å². The largest absolute Gasteiger partial charge is 0.310 e. The van der Waals surface area contributed by atoms with Gasteiger partial charge in [0.1, 0.15) is 6.29 Å². The number of nitrogens with zero attached hydrogens (tertiary/aromatic N) is 1. The van der Waals surface area contributed by atoms with Crippen LogP contribution in [0.5, 0.6) is 0 Å². The lowest BCUT2D eigenvalue weighted by atomic mass is 10.2. The van der Waals surface area contributed by atoms with E-state index in [1.165, 1.54) is 0 Å². The molecule has 1 rings (SSSR count). The second-order valence-corrected chi connectivity index (χ2v) is 3.85. The van der Waals surface area contributed by atoms with Gasteiger partial charge in [0.2, 0.25) is 0 Å². The van der Waals surface area contributed by atoms with E-state index in [0.29, 0.717) is 5.56 Å². The number of pyridine rings is 1. The van der Waals surface area contributed by atoms with Crippen LogP contribution in [0.1, 0.15) is 16.1 Å². The molecule has 4 heteroatoms. The van der Waals surface area contributed by atoms with E-state index in [1.54, 1.807) is 30.1 Å². The minimum atomic E-state index is 0.682. The van der Waals surface area contributed by atoms with Gasteiger partial charge in [-0.05, 0) is 18.4 Å². The van der Waals surface area contributed by atoms with E-state index in [9.17, 15) is 4.79 Å². The molecule has 0 aromatic carbocycles. The lowest BCUT2D eigenvalue weighted by molar-refractivity contribution is 0.112. The molecule has 0 bridgehead atoms. The lowest BCUT2D eigenvalue weighted by Gasteiger charge is -2.02. The van der Waals surface area contributed by atoms with Crippen LogP contribution < -0.4 is 5.32 Å². The van der Waals surface area contributed by atoms with Gasteiger partial charge >= 0.3 is 0 Å². The molecular formula is C10H14N2OS. The van der Waals surface area contributed by atoms with E-state index in [-0.39, 0.29) is 0 Å². The van der Waals surface area contributed by atoms with Gasteiger partial charge in [-0.25, -0.2) is 0 Å². The molecule has 0 aliphatic heterocycles. The van der Waals surface area contributed by atoms with Crippen LogP contribution >= 0.6 is 11.8 Å². The molecule has 14 heavy (non-hydrogen) atoms. The van der Waals surface area contributed by atoms with Crippen molar-refractivity contribution < 1.29 is 4.79 Å². The smallest absolute Gasteiger partial charge is 0.150 e. The molecule has 1 heterocycles. The average molecular weight is 210 g/mol. The third kappa shape index (κ3) is 3.89. The number of aldehydes is 1. The predicted octanol–water partition coefficient (Wildman–Crippen LogP) is 1.35. The molecule has 0 spiro atoms. The van der Waals surface area contributed by atoms with Crippen molar-refractivity contribution in [1.82, 2.24) is 10.3 Å². The Kier molecular flexibility index (Phi) is 5.25. The van der Waals surface area contributed by atoms with Crippen LogP contribution in [0.15, 0.2) is 18.3 Å². The quantitative estimate of drug-likeness (QED) is 0.568. The first-order valence-electron chi connectivity index (χ1n) is 4.46. The summed E-state index contributed by atoms with van der Waals surface area (Å²) < 4.78 is 0. The van der Waals surface area contributed by atoms with Crippen molar-refractivity contribution in [2.45, 2.75) is 6.54 Å². The van der Waals surface area contributed by atoms with Crippen molar-refractivity contribution in [2.24, 2.45) is 0 Å². The van der Waals surface area contributed by atoms with Crippen LogP contribution in [0, 0.1) is 0 Å². The molecular weight excluding hydrogens is 196 g/mol. The molecule has 1 aromatic rings. The summed E-state index contributed by atoms with van der Waals surface area (Å²) in [5.74, 6) is 1.09. The summed E-state index contributed by atoms with van der Waals surface area (Å²) in [7, 11) is 0. The molecule has 3 nitrogen and oxygen atoms in total. The summed E-state index contributed by atoms with van der Waals surface area (Å²) in [4.78, 5) is 14.6. The van der Waals surface area contributed by atoms with Crippen molar-refractivity contribution in [1.29, 1.82) is 0 Å². The van der Waals surface area contributed by atoms with Gasteiger partial charge in [0, 0.05) is 30.6 Å². The first-order chi connectivity index (χ1) is 6.86. The number of nitrogens with one attached hydrogen (secondary N) is 1. The maximum atomic E-state index is 10.5. The zero-order valence-corrected chi connectivity index (χ0v) is 9.01.